The lowest BCUT2D eigenvalue weighted by Crippen LogP contribution is -2.40. The first-order valence-corrected chi connectivity index (χ1v) is 11.7. The van der Waals surface area contributed by atoms with Crippen molar-refractivity contribution in [3.8, 4) is 0 Å². The van der Waals surface area contributed by atoms with Crippen molar-refractivity contribution in [2.75, 3.05) is 19.6 Å². The predicted octanol–water partition coefficient (Wildman–Crippen LogP) is 4.40. The molecule has 2 fully saturated rings. The van der Waals surface area contributed by atoms with Crippen molar-refractivity contribution in [3.63, 3.8) is 0 Å². The number of nitrogens with zero attached hydrogens (tertiary/aromatic N) is 4. The Bertz CT molecular complexity index is 1200. The fraction of sp³-hybridized carbons (Fsp3) is 0.440. The van der Waals surface area contributed by atoms with Gasteiger partial charge >= 0.3 is 0 Å². The highest BCUT2D eigenvalue weighted by Crippen LogP contribution is 2.31. The third kappa shape index (κ3) is 4.21. The lowest BCUT2D eigenvalue weighted by Gasteiger charge is -2.34. The molecule has 7 nitrogen and oxygen atoms in total. The van der Waals surface area contributed by atoms with E-state index in [4.69, 9.17) is 0 Å². The Morgan fingerprint density at radius 1 is 1.03 bits per heavy atom. The van der Waals surface area contributed by atoms with Gasteiger partial charge in [0, 0.05) is 36.7 Å². The van der Waals surface area contributed by atoms with Gasteiger partial charge in [-0.3, -0.25) is 9.59 Å². The second-order valence-electron chi connectivity index (χ2n) is 9.00. The van der Waals surface area contributed by atoms with Crippen LogP contribution in [0.2, 0.25) is 0 Å². The van der Waals surface area contributed by atoms with Crippen molar-refractivity contribution >= 4 is 22.7 Å². The second-order valence-corrected chi connectivity index (χ2v) is 9.00. The number of aromatic nitrogens is 3. The van der Waals surface area contributed by atoms with Crippen LogP contribution in [0.5, 0.6) is 0 Å². The molecule has 1 atom stereocenters. The number of benzene rings is 1. The standard InChI is InChI=1S/C25H28FN5O2/c1-16-19(24(32)30-10-4-2-5-11-30)15-27-23(28-16)22-7-3-6-12-31(22)25(33)21-14-17-13-18(26)8-9-20(17)29-21/h8-9,13-15,22,29H,2-7,10-12H2,1H3/t22-/m1/s1. The summed E-state index contributed by atoms with van der Waals surface area (Å²) in [6.07, 6.45) is 7.49. The molecule has 4 heterocycles. The van der Waals surface area contributed by atoms with E-state index in [-0.39, 0.29) is 23.7 Å². The number of carbonyl (C=O) groups is 2. The van der Waals surface area contributed by atoms with E-state index < -0.39 is 0 Å². The molecule has 0 spiro atoms. The molecule has 0 unspecified atom stereocenters. The highest BCUT2D eigenvalue weighted by Gasteiger charge is 2.32. The van der Waals surface area contributed by atoms with Gasteiger partial charge in [-0.25, -0.2) is 14.4 Å². The first-order chi connectivity index (χ1) is 16.0. The van der Waals surface area contributed by atoms with Crippen molar-refractivity contribution in [2.24, 2.45) is 0 Å². The Kier molecular flexibility index (Phi) is 5.83. The fourth-order valence-corrected chi connectivity index (χ4v) is 4.94. The van der Waals surface area contributed by atoms with Crippen LogP contribution in [-0.2, 0) is 0 Å². The monoisotopic (exact) mass is 449 g/mol. The average molecular weight is 450 g/mol. The van der Waals surface area contributed by atoms with Crippen LogP contribution in [0, 0.1) is 12.7 Å². The van der Waals surface area contributed by atoms with Crippen LogP contribution >= 0.6 is 0 Å². The van der Waals surface area contributed by atoms with Crippen LogP contribution < -0.4 is 0 Å². The lowest BCUT2D eigenvalue weighted by atomic mass is 10.0. The number of H-pyrrole nitrogens is 1. The van der Waals surface area contributed by atoms with E-state index in [1.54, 1.807) is 23.2 Å². The van der Waals surface area contributed by atoms with Gasteiger partial charge in [-0.05, 0) is 69.7 Å². The molecule has 0 bridgehead atoms. The van der Waals surface area contributed by atoms with Crippen LogP contribution in [0.25, 0.3) is 10.9 Å². The Morgan fingerprint density at radius 3 is 2.61 bits per heavy atom. The first-order valence-electron chi connectivity index (χ1n) is 11.7. The smallest absolute Gasteiger partial charge is 0.270 e. The van der Waals surface area contributed by atoms with E-state index in [9.17, 15) is 14.0 Å². The van der Waals surface area contributed by atoms with E-state index >= 15 is 0 Å². The summed E-state index contributed by atoms with van der Waals surface area (Å²) in [6, 6.07) is 5.87. The number of fused-ring (bicyclic) bond motifs is 1. The zero-order chi connectivity index (χ0) is 22.9. The minimum absolute atomic E-state index is 0.0133. The second kappa shape index (κ2) is 8.92. The molecule has 0 radical (unpaired) electrons. The number of piperidine rings is 2. The van der Waals surface area contributed by atoms with Gasteiger partial charge in [0.05, 0.1) is 17.3 Å². The van der Waals surface area contributed by atoms with Crippen molar-refractivity contribution in [2.45, 2.75) is 51.5 Å². The minimum atomic E-state index is -0.334. The normalized spacial score (nSPS) is 19.2. The summed E-state index contributed by atoms with van der Waals surface area (Å²) in [5.41, 5.74) is 2.33. The highest BCUT2D eigenvalue weighted by molar-refractivity contribution is 5.98. The summed E-state index contributed by atoms with van der Waals surface area (Å²) in [6.45, 7) is 3.99. The van der Waals surface area contributed by atoms with E-state index in [0.29, 0.717) is 34.7 Å². The van der Waals surface area contributed by atoms with Crippen molar-refractivity contribution in [3.05, 3.63) is 59.1 Å². The summed E-state index contributed by atoms with van der Waals surface area (Å²) in [7, 11) is 0. The van der Waals surface area contributed by atoms with Gasteiger partial charge in [0.1, 0.15) is 11.5 Å². The molecule has 1 N–H and O–H groups in total. The van der Waals surface area contributed by atoms with Gasteiger partial charge in [-0.15, -0.1) is 0 Å². The molecule has 2 aliphatic rings. The van der Waals surface area contributed by atoms with E-state index in [1.165, 1.54) is 12.1 Å². The molecular weight excluding hydrogens is 421 g/mol. The zero-order valence-electron chi connectivity index (χ0n) is 18.8. The molecule has 2 saturated heterocycles. The van der Waals surface area contributed by atoms with Crippen LogP contribution in [0.3, 0.4) is 0 Å². The summed E-state index contributed by atoms with van der Waals surface area (Å²) < 4.78 is 13.6. The fourth-order valence-electron chi connectivity index (χ4n) is 4.94. The Hall–Kier alpha value is -3.29. The summed E-state index contributed by atoms with van der Waals surface area (Å²) in [5, 5.41) is 0.666. The third-order valence-corrected chi connectivity index (χ3v) is 6.75. The van der Waals surface area contributed by atoms with E-state index in [2.05, 4.69) is 15.0 Å². The number of halogens is 1. The largest absolute Gasteiger partial charge is 0.351 e. The Labute approximate surface area is 192 Å². The SMILES string of the molecule is Cc1nc([C@H]2CCCCN2C(=O)c2cc3cc(F)ccc3[nH]2)ncc1C(=O)N1CCCCC1. The van der Waals surface area contributed by atoms with Gasteiger partial charge < -0.3 is 14.8 Å². The molecule has 2 aliphatic heterocycles. The molecule has 2 aromatic heterocycles. The maximum absolute atomic E-state index is 13.6. The van der Waals surface area contributed by atoms with E-state index in [0.717, 1.165) is 57.1 Å². The molecule has 0 aliphatic carbocycles. The summed E-state index contributed by atoms with van der Waals surface area (Å²) in [4.78, 5) is 42.3. The average Bonchev–Trinajstić information content (AvgIpc) is 3.27. The molecule has 1 aromatic carbocycles. The number of carbonyl (C=O) groups excluding carboxylic acids is 2. The number of aryl methyl sites for hydroxylation is 1. The third-order valence-electron chi connectivity index (χ3n) is 6.75. The minimum Gasteiger partial charge on any atom is -0.351 e. The molecular formula is C25H28FN5O2. The quantitative estimate of drug-likeness (QED) is 0.643. The van der Waals surface area contributed by atoms with Crippen LogP contribution in [0.4, 0.5) is 4.39 Å². The van der Waals surface area contributed by atoms with Crippen LogP contribution in [0.15, 0.2) is 30.5 Å². The molecule has 8 heteroatoms. The molecule has 0 saturated carbocycles. The maximum atomic E-state index is 13.6. The van der Waals surface area contributed by atoms with Crippen molar-refractivity contribution in [1.29, 1.82) is 0 Å². The number of rotatable bonds is 3. The summed E-state index contributed by atoms with van der Waals surface area (Å²) in [5.74, 6) is 0.0731. The number of hydrogen-bond acceptors (Lipinski definition) is 4. The van der Waals surface area contributed by atoms with Gasteiger partial charge in [-0.2, -0.15) is 0 Å². The molecule has 5 rings (SSSR count). The van der Waals surface area contributed by atoms with Gasteiger partial charge in [0.2, 0.25) is 0 Å². The van der Waals surface area contributed by atoms with Crippen molar-refractivity contribution < 1.29 is 14.0 Å². The Balaban J connectivity index is 1.40. The highest BCUT2D eigenvalue weighted by atomic mass is 19.1. The number of hydrogen-bond donors (Lipinski definition) is 1. The number of aromatic amines is 1. The molecule has 3 aromatic rings. The van der Waals surface area contributed by atoms with E-state index in [1.807, 2.05) is 11.8 Å². The Morgan fingerprint density at radius 2 is 1.82 bits per heavy atom. The topological polar surface area (TPSA) is 82.2 Å². The van der Waals surface area contributed by atoms with Gasteiger partial charge in [0.25, 0.3) is 11.8 Å². The number of amides is 2. The number of nitrogens with one attached hydrogen (secondary N) is 1. The maximum Gasteiger partial charge on any atom is 0.270 e. The zero-order valence-corrected chi connectivity index (χ0v) is 18.8. The lowest BCUT2D eigenvalue weighted by molar-refractivity contribution is 0.0592. The number of likely N-dealkylation sites (tertiary alicyclic amines) is 2. The molecule has 2 amide bonds. The predicted molar refractivity (Wildman–Crippen MR) is 122 cm³/mol. The van der Waals surface area contributed by atoms with Gasteiger partial charge in [0.15, 0.2) is 5.82 Å². The first kappa shape index (κ1) is 21.6. The van der Waals surface area contributed by atoms with Crippen LogP contribution in [-0.4, -0.2) is 56.2 Å². The summed E-state index contributed by atoms with van der Waals surface area (Å²) >= 11 is 0. The van der Waals surface area contributed by atoms with Crippen LogP contribution in [0.1, 0.15) is 76.9 Å². The van der Waals surface area contributed by atoms with Gasteiger partial charge in [-0.1, -0.05) is 0 Å². The van der Waals surface area contributed by atoms with Crippen molar-refractivity contribution in [1.82, 2.24) is 24.8 Å². The molecule has 172 valence electrons. The molecule has 33 heavy (non-hydrogen) atoms.